The molecule has 0 unspecified atom stereocenters. The summed E-state index contributed by atoms with van der Waals surface area (Å²) in [6.45, 7) is 3.95. The molecule has 3 aromatic heterocycles. The predicted octanol–water partition coefficient (Wildman–Crippen LogP) is 3.56. The number of carbonyl (C=O) groups excluding carboxylic acids is 2. The number of aromatic nitrogens is 3. The molecule has 0 aliphatic rings. The Morgan fingerprint density at radius 1 is 1.27 bits per heavy atom. The second-order valence-electron chi connectivity index (χ2n) is 7.88. The van der Waals surface area contributed by atoms with E-state index in [2.05, 4.69) is 10.4 Å². The lowest BCUT2D eigenvalue weighted by atomic mass is 9.94. The van der Waals surface area contributed by atoms with E-state index in [1.807, 2.05) is 6.07 Å². The Kier molecular flexibility index (Phi) is 7.72. The number of methoxy groups -OCH3 is 2. The van der Waals surface area contributed by atoms with E-state index in [9.17, 15) is 14.4 Å². The molecule has 0 atom stereocenters. The van der Waals surface area contributed by atoms with Gasteiger partial charge in [0.2, 0.25) is 0 Å². The van der Waals surface area contributed by atoms with Crippen molar-refractivity contribution in [3.05, 3.63) is 49.9 Å². The fourth-order valence-corrected chi connectivity index (χ4v) is 4.34. The topological polar surface area (TPSA) is 104 Å². The van der Waals surface area contributed by atoms with E-state index in [-0.39, 0.29) is 36.2 Å². The van der Waals surface area contributed by atoms with Crippen LogP contribution in [0.1, 0.15) is 23.5 Å². The van der Waals surface area contributed by atoms with Crippen molar-refractivity contribution in [2.45, 2.75) is 26.9 Å². The molecule has 0 saturated carbocycles. The molecule has 11 heteroatoms. The lowest BCUT2D eigenvalue weighted by molar-refractivity contribution is -0.108. The van der Waals surface area contributed by atoms with E-state index in [1.54, 1.807) is 38.1 Å². The van der Waals surface area contributed by atoms with Crippen molar-refractivity contribution in [1.29, 1.82) is 0 Å². The third-order valence-corrected chi connectivity index (χ3v) is 6.17. The Balaban J connectivity index is 2.07. The molecule has 176 valence electrons. The number of ether oxygens (including phenoxy) is 2. The maximum atomic E-state index is 13.3. The van der Waals surface area contributed by atoms with Crippen LogP contribution < -0.4 is 15.6 Å². The number of pyridine rings is 1. The molecule has 3 aromatic rings. The van der Waals surface area contributed by atoms with Gasteiger partial charge in [0.1, 0.15) is 17.8 Å². The van der Waals surface area contributed by atoms with Gasteiger partial charge >= 0.3 is 0 Å². The maximum Gasteiger partial charge on any atom is 0.263 e. The third kappa shape index (κ3) is 5.35. The number of hydrogen-bond donors (Lipinski definition) is 1. The molecule has 0 radical (unpaired) electrons. The Bertz CT molecular complexity index is 1210. The highest BCUT2D eigenvalue weighted by molar-refractivity contribution is 7.16. The van der Waals surface area contributed by atoms with Gasteiger partial charge in [0.25, 0.3) is 11.5 Å². The third-order valence-electron chi connectivity index (χ3n) is 4.93. The molecule has 33 heavy (non-hydrogen) atoms. The Hall–Kier alpha value is -2.95. The first-order chi connectivity index (χ1) is 15.7. The SMILES string of the molecule is COCC(C)(C)C(=O)n1nc(-c2ccc(OC)n(CC=O)c2=O)cc1NCc1ccc(Cl)s1. The molecule has 0 amide bonds. The number of halogens is 1. The van der Waals surface area contributed by atoms with Crippen molar-refractivity contribution in [1.82, 2.24) is 14.3 Å². The highest BCUT2D eigenvalue weighted by Gasteiger charge is 2.32. The summed E-state index contributed by atoms with van der Waals surface area (Å²) in [5, 5.41) is 7.66. The number of carbonyl (C=O) groups is 2. The van der Waals surface area contributed by atoms with Gasteiger partial charge in [-0.25, -0.2) is 0 Å². The predicted molar refractivity (Wildman–Crippen MR) is 127 cm³/mol. The van der Waals surface area contributed by atoms with Crippen molar-refractivity contribution in [2.75, 3.05) is 26.1 Å². The van der Waals surface area contributed by atoms with E-state index in [0.717, 1.165) is 4.88 Å². The largest absolute Gasteiger partial charge is 0.482 e. The molecular weight excluding hydrogens is 468 g/mol. The van der Waals surface area contributed by atoms with Crippen LogP contribution in [0.2, 0.25) is 4.34 Å². The summed E-state index contributed by atoms with van der Waals surface area (Å²) in [5.41, 5.74) is -0.795. The van der Waals surface area contributed by atoms with E-state index in [4.69, 9.17) is 21.1 Å². The summed E-state index contributed by atoms with van der Waals surface area (Å²) in [5.74, 6) is 0.366. The van der Waals surface area contributed by atoms with Crippen LogP contribution in [-0.2, 0) is 22.6 Å². The first-order valence-corrected chi connectivity index (χ1v) is 11.2. The average Bonchev–Trinajstić information content (AvgIpc) is 3.39. The minimum Gasteiger partial charge on any atom is -0.482 e. The number of anilines is 1. The first-order valence-electron chi connectivity index (χ1n) is 10.1. The second-order valence-corrected chi connectivity index (χ2v) is 9.68. The van der Waals surface area contributed by atoms with Gasteiger partial charge in [0, 0.05) is 18.1 Å². The summed E-state index contributed by atoms with van der Waals surface area (Å²) in [6, 6.07) is 8.45. The number of nitrogens with zero attached hydrogens (tertiary/aromatic N) is 3. The van der Waals surface area contributed by atoms with Crippen molar-refractivity contribution in [3.8, 4) is 17.1 Å². The Morgan fingerprint density at radius 2 is 2.03 bits per heavy atom. The van der Waals surface area contributed by atoms with Crippen molar-refractivity contribution < 1.29 is 19.1 Å². The molecule has 0 bridgehead atoms. The zero-order valence-corrected chi connectivity index (χ0v) is 20.3. The smallest absolute Gasteiger partial charge is 0.263 e. The Labute approximate surface area is 199 Å². The number of hydrogen-bond acceptors (Lipinski definition) is 8. The maximum absolute atomic E-state index is 13.3. The van der Waals surface area contributed by atoms with E-state index >= 15 is 0 Å². The summed E-state index contributed by atoms with van der Waals surface area (Å²) in [4.78, 5) is 38.4. The molecule has 0 aliphatic carbocycles. The number of aldehydes is 1. The van der Waals surface area contributed by atoms with Crippen molar-refractivity contribution >= 4 is 40.9 Å². The number of nitrogens with one attached hydrogen (secondary N) is 1. The molecule has 0 aliphatic heterocycles. The monoisotopic (exact) mass is 492 g/mol. The van der Waals surface area contributed by atoms with Gasteiger partial charge in [-0.15, -0.1) is 11.3 Å². The van der Waals surface area contributed by atoms with E-state index in [0.29, 0.717) is 23.0 Å². The van der Waals surface area contributed by atoms with Crippen LogP contribution in [0, 0.1) is 5.41 Å². The van der Waals surface area contributed by atoms with Crippen LogP contribution in [0.5, 0.6) is 5.88 Å². The molecule has 0 aromatic carbocycles. The molecule has 9 nitrogen and oxygen atoms in total. The van der Waals surface area contributed by atoms with Crippen LogP contribution in [-0.4, -0.2) is 47.4 Å². The summed E-state index contributed by atoms with van der Waals surface area (Å²) in [7, 11) is 2.94. The fraction of sp³-hybridized carbons (Fsp3) is 0.364. The summed E-state index contributed by atoms with van der Waals surface area (Å²) < 4.78 is 13.5. The van der Waals surface area contributed by atoms with Gasteiger partial charge in [-0.2, -0.15) is 9.78 Å². The fourth-order valence-electron chi connectivity index (χ4n) is 3.31. The summed E-state index contributed by atoms with van der Waals surface area (Å²) >= 11 is 7.44. The van der Waals surface area contributed by atoms with Crippen LogP contribution in [0.4, 0.5) is 5.82 Å². The zero-order valence-electron chi connectivity index (χ0n) is 18.8. The number of thiophene rings is 1. The molecule has 3 heterocycles. The van der Waals surface area contributed by atoms with Crippen molar-refractivity contribution in [2.24, 2.45) is 5.41 Å². The average molecular weight is 493 g/mol. The highest BCUT2D eigenvalue weighted by atomic mass is 35.5. The minimum atomic E-state index is -0.863. The highest BCUT2D eigenvalue weighted by Crippen LogP contribution is 2.27. The minimum absolute atomic E-state index is 0.166. The van der Waals surface area contributed by atoms with Crippen LogP contribution in [0.25, 0.3) is 11.3 Å². The second kappa shape index (κ2) is 10.3. The van der Waals surface area contributed by atoms with E-state index in [1.165, 1.54) is 34.8 Å². The van der Waals surface area contributed by atoms with Gasteiger partial charge in [0.15, 0.2) is 5.88 Å². The first kappa shape index (κ1) is 24.7. The van der Waals surface area contributed by atoms with Crippen LogP contribution >= 0.6 is 22.9 Å². The number of rotatable bonds is 10. The lowest BCUT2D eigenvalue weighted by Gasteiger charge is -2.22. The van der Waals surface area contributed by atoms with Gasteiger partial charge in [-0.1, -0.05) is 11.6 Å². The van der Waals surface area contributed by atoms with Gasteiger partial charge in [-0.05, 0) is 38.1 Å². The molecule has 0 spiro atoms. The van der Waals surface area contributed by atoms with Crippen LogP contribution in [0.3, 0.4) is 0 Å². The Morgan fingerprint density at radius 3 is 2.64 bits per heavy atom. The molecular formula is C22H25ClN4O5S. The molecule has 3 rings (SSSR count). The van der Waals surface area contributed by atoms with Gasteiger partial charge < -0.3 is 19.6 Å². The molecule has 0 fully saturated rings. The standard InChI is InChI=1S/C22H25ClN4O5S/c1-22(2,13-31-3)21(30)27-18(24-12-14-5-7-17(23)33-14)11-16(25-27)15-6-8-19(32-4)26(9-10-28)20(15)29/h5-8,10-11,24H,9,12-13H2,1-4H3. The molecule has 0 saturated heterocycles. The van der Waals surface area contributed by atoms with Crippen LogP contribution in [0.15, 0.2) is 35.1 Å². The van der Waals surface area contributed by atoms with Gasteiger partial charge in [-0.3, -0.25) is 14.2 Å². The quantitative estimate of drug-likeness (QED) is 0.431. The molecule has 1 N–H and O–H groups in total. The van der Waals surface area contributed by atoms with Crippen molar-refractivity contribution in [3.63, 3.8) is 0 Å². The van der Waals surface area contributed by atoms with E-state index < -0.39 is 11.0 Å². The van der Waals surface area contributed by atoms with Gasteiger partial charge in [0.05, 0.1) is 42.1 Å². The zero-order chi connectivity index (χ0) is 24.2. The lowest BCUT2D eigenvalue weighted by Crippen LogP contribution is -2.35. The summed E-state index contributed by atoms with van der Waals surface area (Å²) in [6.07, 6.45) is 0.613. The normalized spacial score (nSPS) is 11.4.